The van der Waals surface area contributed by atoms with E-state index in [2.05, 4.69) is 5.32 Å². The number of carbonyl (C=O) groups is 2. The number of benzene rings is 1. The number of rotatable bonds is 3. The predicted octanol–water partition coefficient (Wildman–Crippen LogP) is 1.92. The third-order valence-corrected chi connectivity index (χ3v) is 2.15. The second-order valence-electron chi connectivity index (χ2n) is 5.09. The van der Waals surface area contributed by atoms with Crippen molar-refractivity contribution in [2.45, 2.75) is 32.4 Å². The summed E-state index contributed by atoms with van der Waals surface area (Å²) in [5, 5.41) is 11.5. The number of nitrogen functional groups attached to an aromatic ring is 1. The van der Waals surface area contributed by atoms with Gasteiger partial charge >= 0.3 is 12.1 Å². The Morgan fingerprint density at radius 1 is 1.37 bits per heavy atom. The van der Waals surface area contributed by atoms with Crippen LogP contribution in [-0.2, 0) is 9.53 Å². The van der Waals surface area contributed by atoms with Gasteiger partial charge in [-0.2, -0.15) is 0 Å². The van der Waals surface area contributed by atoms with Crippen LogP contribution in [0.15, 0.2) is 24.3 Å². The molecule has 104 valence electrons. The van der Waals surface area contributed by atoms with E-state index in [-0.39, 0.29) is 0 Å². The van der Waals surface area contributed by atoms with Crippen LogP contribution in [0.2, 0.25) is 0 Å². The van der Waals surface area contributed by atoms with Gasteiger partial charge in [0.15, 0.2) is 6.04 Å². The number of hydrogen-bond acceptors (Lipinski definition) is 4. The zero-order valence-electron chi connectivity index (χ0n) is 11.1. The van der Waals surface area contributed by atoms with Crippen LogP contribution in [0.4, 0.5) is 10.5 Å². The first-order valence-electron chi connectivity index (χ1n) is 5.77. The summed E-state index contributed by atoms with van der Waals surface area (Å²) in [7, 11) is 0. The van der Waals surface area contributed by atoms with Crippen molar-refractivity contribution < 1.29 is 19.4 Å². The molecule has 0 spiro atoms. The summed E-state index contributed by atoms with van der Waals surface area (Å²) >= 11 is 0. The van der Waals surface area contributed by atoms with Crippen molar-refractivity contribution in [1.29, 1.82) is 0 Å². The van der Waals surface area contributed by atoms with Gasteiger partial charge in [-0.25, -0.2) is 9.59 Å². The van der Waals surface area contributed by atoms with E-state index in [0.717, 1.165) is 0 Å². The van der Waals surface area contributed by atoms with Crippen molar-refractivity contribution in [3.8, 4) is 0 Å². The number of alkyl carbamates (subject to hydrolysis) is 1. The first-order valence-corrected chi connectivity index (χ1v) is 5.77. The second kappa shape index (κ2) is 5.60. The Balaban J connectivity index is 2.85. The molecule has 1 amide bonds. The normalized spacial score (nSPS) is 12.6. The fourth-order valence-corrected chi connectivity index (χ4v) is 1.45. The molecular weight excluding hydrogens is 248 g/mol. The molecule has 0 fully saturated rings. The van der Waals surface area contributed by atoms with Gasteiger partial charge in [0.1, 0.15) is 5.60 Å². The number of carboxylic acid groups (broad SMARTS) is 1. The molecule has 0 bridgehead atoms. The highest BCUT2D eigenvalue weighted by Crippen LogP contribution is 2.17. The van der Waals surface area contributed by atoms with Gasteiger partial charge in [-0.05, 0) is 38.5 Å². The van der Waals surface area contributed by atoms with Gasteiger partial charge in [0.05, 0.1) is 0 Å². The molecule has 0 heterocycles. The largest absolute Gasteiger partial charge is 0.479 e. The summed E-state index contributed by atoms with van der Waals surface area (Å²) in [5.74, 6) is -1.18. The summed E-state index contributed by atoms with van der Waals surface area (Å²) < 4.78 is 5.03. The van der Waals surface area contributed by atoms with Gasteiger partial charge in [-0.1, -0.05) is 12.1 Å². The molecular formula is C13H18N2O4. The molecule has 0 saturated heterocycles. The van der Waals surface area contributed by atoms with Crippen molar-refractivity contribution >= 4 is 17.7 Å². The van der Waals surface area contributed by atoms with Crippen molar-refractivity contribution in [2.75, 3.05) is 5.73 Å². The molecule has 6 nitrogen and oxygen atoms in total. The summed E-state index contributed by atoms with van der Waals surface area (Å²) in [6.07, 6.45) is -0.790. The molecule has 19 heavy (non-hydrogen) atoms. The van der Waals surface area contributed by atoms with Crippen LogP contribution in [0, 0.1) is 0 Å². The van der Waals surface area contributed by atoms with Crippen LogP contribution in [0.3, 0.4) is 0 Å². The summed E-state index contributed by atoms with van der Waals surface area (Å²) in [4.78, 5) is 22.8. The molecule has 0 radical (unpaired) electrons. The zero-order valence-corrected chi connectivity index (χ0v) is 11.1. The maximum atomic E-state index is 11.6. The predicted molar refractivity (Wildman–Crippen MR) is 70.6 cm³/mol. The molecule has 6 heteroatoms. The summed E-state index contributed by atoms with van der Waals surface area (Å²) in [6.45, 7) is 5.09. The Morgan fingerprint density at radius 2 is 2.00 bits per heavy atom. The minimum Gasteiger partial charge on any atom is -0.479 e. The lowest BCUT2D eigenvalue weighted by molar-refractivity contribution is -0.139. The first kappa shape index (κ1) is 14.8. The molecule has 0 aliphatic rings. The maximum absolute atomic E-state index is 11.6. The molecule has 1 aromatic carbocycles. The number of carboxylic acids is 1. The first-order chi connectivity index (χ1) is 8.69. The van der Waals surface area contributed by atoms with Gasteiger partial charge in [-0.15, -0.1) is 0 Å². The third-order valence-electron chi connectivity index (χ3n) is 2.15. The lowest BCUT2D eigenvalue weighted by Crippen LogP contribution is -2.38. The molecule has 1 aromatic rings. The lowest BCUT2D eigenvalue weighted by Gasteiger charge is -2.22. The zero-order chi connectivity index (χ0) is 14.6. The number of hydrogen-bond donors (Lipinski definition) is 3. The molecule has 1 unspecified atom stereocenters. The van der Waals surface area contributed by atoms with Crippen molar-refractivity contribution in [3.05, 3.63) is 29.8 Å². The van der Waals surface area contributed by atoms with E-state index in [0.29, 0.717) is 11.3 Å². The van der Waals surface area contributed by atoms with Crippen molar-refractivity contribution in [2.24, 2.45) is 0 Å². The Bertz CT molecular complexity index is 480. The Labute approximate surface area is 111 Å². The van der Waals surface area contributed by atoms with Crippen molar-refractivity contribution in [1.82, 2.24) is 5.32 Å². The van der Waals surface area contributed by atoms with E-state index in [1.54, 1.807) is 39.0 Å². The third kappa shape index (κ3) is 4.87. The van der Waals surface area contributed by atoms with Gasteiger partial charge < -0.3 is 20.9 Å². The summed E-state index contributed by atoms with van der Waals surface area (Å²) in [6, 6.07) is 5.13. The minimum atomic E-state index is -1.20. The van der Waals surface area contributed by atoms with Crippen LogP contribution < -0.4 is 11.1 Å². The van der Waals surface area contributed by atoms with Gasteiger partial charge in [0, 0.05) is 5.69 Å². The quantitative estimate of drug-likeness (QED) is 0.725. The average Bonchev–Trinajstić information content (AvgIpc) is 2.23. The minimum absolute atomic E-state index is 0.387. The van der Waals surface area contributed by atoms with E-state index >= 15 is 0 Å². The number of carbonyl (C=O) groups excluding carboxylic acids is 1. The molecule has 1 rings (SSSR count). The maximum Gasteiger partial charge on any atom is 0.408 e. The standard InChI is InChI=1S/C13H18N2O4/c1-13(2,3)19-12(18)15-10(11(16)17)8-5-4-6-9(14)7-8/h4-7,10H,14H2,1-3H3,(H,15,18)(H,16,17). The number of nitrogens with two attached hydrogens (primary N) is 1. The molecule has 0 saturated carbocycles. The molecule has 0 aromatic heterocycles. The van der Waals surface area contributed by atoms with E-state index in [1.165, 1.54) is 6.07 Å². The Morgan fingerprint density at radius 3 is 2.47 bits per heavy atom. The Kier molecular flexibility index (Phi) is 4.37. The SMILES string of the molecule is CC(C)(C)OC(=O)NC(C(=O)O)c1cccc(N)c1. The average molecular weight is 266 g/mol. The lowest BCUT2D eigenvalue weighted by atomic mass is 10.1. The van der Waals surface area contributed by atoms with E-state index in [9.17, 15) is 9.59 Å². The van der Waals surface area contributed by atoms with E-state index in [1.807, 2.05) is 0 Å². The van der Waals surface area contributed by atoms with Gasteiger partial charge in [-0.3, -0.25) is 0 Å². The highest BCUT2D eigenvalue weighted by atomic mass is 16.6. The smallest absolute Gasteiger partial charge is 0.408 e. The monoisotopic (exact) mass is 266 g/mol. The fraction of sp³-hybridized carbons (Fsp3) is 0.385. The van der Waals surface area contributed by atoms with Gasteiger partial charge in [0.2, 0.25) is 0 Å². The number of anilines is 1. The number of ether oxygens (including phenoxy) is 1. The molecule has 0 aliphatic heterocycles. The van der Waals surface area contributed by atoms with E-state index in [4.69, 9.17) is 15.6 Å². The molecule has 1 atom stereocenters. The second-order valence-corrected chi connectivity index (χ2v) is 5.09. The van der Waals surface area contributed by atoms with Crippen LogP contribution in [0.5, 0.6) is 0 Å². The fourth-order valence-electron chi connectivity index (χ4n) is 1.45. The number of amides is 1. The number of aliphatic carboxylic acids is 1. The van der Waals surface area contributed by atoms with Gasteiger partial charge in [0.25, 0.3) is 0 Å². The van der Waals surface area contributed by atoms with Crippen LogP contribution in [-0.4, -0.2) is 22.8 Å². The number of nitrogens with one attached hydrogen (secondary N) is 1. The topological polar surface area (TPSA) is 102 Å². The molecule has 4 N–H and O–H groups in total. The van der Waals surface area contributed by atoms with E-state index < -0.39 is 23.7 Å². The van der Waals surface area contributed by atoms with Crippen LogP contribution >= 0.6 is 0 Å². The highest BCUT2D eigenvalue weighted by molar-refractivity contribution is 5.81. The Hall–Kier alpha value is -2.24. The van der Waals surface area contributed by atoms with Crippen LogP contribution in [0.1, 0.15) is 32.4 Å². The van der Waals surface area contributed by atoms with Crippen molar-refractivity contribution in [3.63, 3.8) is 0 Å². The van der Waals surface area contributed by atoms with Crippen LogP contribution in [0.25, 0.3) is 0 Å². The molecule has 0 aliphatic carbocycles. The highest BCUT2D eigenvalue weighted by Gasteiger charge is 2.25. The summed E-state index contributed by atoms with van der Waals surface area (Å²) in [5.41, 5.74) is 5.71.